The van der Waals surface area contributed by atoms with Gasteiger partial charge in [0.1, 0.15) is 0 Å². The Morgan fingerprint density at radius 1 is 1.00 bits per heavy atom. The van der Waals surface area contributed by atoms with Crippen molar-refractivity contribution in [2.45, 2.75) is 71.1 Å². The molecule has 0 heterocycles. The Balaban J connectivity index is 1.84. The number of hydrogen-bond acceptors (Lipinski definition) is 0. The first-order valence-electron chi connectivity index (χ1n) is 7.84. The van der Waals surface area contributed by atoms with Gasteiger partial charge in [-0.1, -0.05) is 63.8 Å². The SMILES string of the molecule is CC(C)CCCc1ccc(C2CCCCC2)cc1. The van der Waals surface area contributed by atoms with Crippen LogP contribution in [0.25, 0.3) is 0 Å². The molecule has 1 fully saturated rings. The number of aryl methyl sites for hydroxylation is 1. The Labute approximate surface area is 113 Å². The van der Waals surface area contributed by atoms with Crippen molar-refractivity contribution in [3.8, 4) is 0 Å². The van der Waals surface area contributed by atoms with Crippen LogP contribution in [0.4, 0.5) is 0 Å². The average molecular weight is 244 g/mol. The molecular weight excluding hydrogens is 216 g/mol. The molecule has 1 aromatic carbocycles. The van der Waals surface area contributed by atoms with Gasteiger partial charge in [-0.15, -0.1) is 0 Å². The van der Waals surface area contributed by atoms with Crippen LogP contribution in [0.3, 0.4) is 0 Å². The number of rotatable bonds is 5. The van der Waals surface area contributed by atoms with E-state index in [1.165, 1.54) is 56.9 Å². The molecule has 1 aromatic rings. The van der Waals surface area contributed by atoms with Gasteiger partial charge in [-0.3, -0.25) is 0 Å². The van der Waals surface area contributed by atoms with Crippen molar-refractivity contribution in [1.29, 1.82) is 0 Å². The quantitative estimate of drug-likeness (QED) is 0.622. The van der Waals surface area contributed by atoms with E-state index in [4.69, 9.17) is 0 Å². The second kappa shape index (κ2) is 6.97. The van der Waals surface area contributed by atoms with Gasteiger partial charge in [-0.05, 0) is 48.6 Å². The molecule has 0 bridgehead atoms. The summed E-state index contributed by atoms with van der Waals surface area (Å²) in [7, 11) is 0. The summed E-state index contributed by atoms with van der Waals surface area (Å²) in [6.45, 7) is 4.62. The lowest BCUT2D eigenvalue weighted by atomic mass is 9.84. The summed E-state index contributed by atoms with van der Waals surface area (Å²) in [4.78, 5) is 0. The Morgan fingerprint density at radius 2 is 1.67 bits per heavy atom. The third-order valence-electron chi connectivity index (χ3n) is 4.30. The van der Waals surface area contributed by atoms with Crippen molar-refractivity contribution in [3.63, 3.8) is 0 Å². The Hall–Kier alpha value is -0.780. The largest absolute Gasteiger partial charge is 0.0628 e. The highest BCUT2D eigenvalue weighted by Crippen LogP contribution is 2.32. The molecule has 100 valence electrons. The van der Waals surface area contributed by atoms with Crippen molar-refractivity contribution in [2.75, 3.05) is 0 Å². The summed E-state index contributed by atoms with van der Waals surface area (Å²) in [5.74, 6) is 1.69. The second-order valence-corrected chi connectivity index (χ2v) is 6.36. The van der Waals surface area contributed by atoms with Crippen LogP contribution in [0.2, 0.25) is 0 Å². The van der Waals surface area contributed by atoms with Gasteiger partial charge >= 0.3 is 0 Å². The zero-order valence-electron chi connectivity index (χ0n) is 12.1. The molecule has 0 unspecified atom stereocenters. The Bertz CT molecular complexity index is 328. The van der Waals surface area contributed by atoms with E-state index in [1.54, 1.807) is 5.56 Å². The minimum Gasteiger partial charge on any atom is -0.0628 e. The molecule has 0 amide bonds. The maximum absolute atomic E-state index is 2.39. The highest BCUT2D eigenvalue weighted by molar-refractivity contribution is 5.25. The van der Waals surface area contributed by atoms with Gasteiger partial charge in [-0.25, -0.2) is 0 Å². The van der Waals surface area contributed by atoms with Gasteiger partial charge in [0.25, 0.3) is 0 Å². The average Bonchev–Trinajstić information content (AvgIpc) is 2.40. The lowest BCUT2D eigenvalue weighted by Gasteiger charge is -2.22. The standard InChI is InChI=1S/C18H28/c1-15(2)7-6-8-16-11-13-18(14-12-16)17-9-4-3-5-10-17/h11-15,17H,3-10H2,1-2H3. The maximum Gasteiger partial charge on any atom is -0.0162 e. The van der Waals surface area contributed by atoms with Gasteiger partial charge in [0, 0.05) is 0 Å². The van der Waals surface area contributed by atoms with Crippen molar-refractivity contribution >= 4 is 0 Å². The molecule has 1 saturated carbocycles. The molecule has 0 atom stereocenters. The molecule has 0 radical (unpaired) electrons. The second-order valence-electron chi connectivity index (χ2n) is 6.36. The van der Waals surface area contributed by atoms with Gasteiger partial charge in [0.2, 0.25) is 0 Å². The third kappa shape index (κ3) is 4.15. The van der Waals surface area contributed by atoms with Crippen molar-refractivity contribution in [1.82, 2.24) is 0 Å². The minimum atomic E-state index is 0.839. The van der Waals surface area contributed by atoms with Crippen LogP contribution < -0.4 is 0 Å². The third-order valence-corrected chi connectivity index (χ3v) is 4.30. The molecule has 2 rings (SSSR count). The van der Waals surface area contributed by atoms with Crippen LogP contribution in [-0.4, -0.2) is 0 Å². The van der Waals surface area contributed by atoms with Gasteiger partial charge < -0.3 is 0 Å². The normalized spacial score (nSPS) is 17.3. The molecule has 0 spiro atoms. The van der Waals surface area contributed by atoms with E-state index in [0.717, 1.165) is 11.8 Å². The number of benzene rings is 1. The van der Waals surface area contributed by atoms with Crippen LogP contribution in [0.15, 0.2) is 24.3 Å². The fourth-order valence-corrected chi connectivity index (χ4v) is 3.11. The number of hydrogen-bond donors (Lipinski definition) is 0. The highest BCUT2D eigenvalue weighted by atomic mass is 14.2. The first-order valence-corrected chi connectivity index (χ1v) is 7.84. The van der Waals surface area contributed by atoms with Crippen LogP contribution in [-0.2, 0) is 6.42 Å². The summed E-state index contributed by atoms with van der Waals surface area (Å²) in [6, 6.07) is 9.51. The van der Waals surface area contributed by atoms with Crippen LogP contribution in [0.1, 0.15) is 75.8 Å². The van der Waals surface area contributed by atoms with Crippen LogP contribution in [0, 0.1) is 5.92 Å². The van der Waals surface area contributed by atoms with Gasteiger partial charge in [0.15, 0.2) is 0 Å². The molecule has 0 N–H and O–H groups in total. The summed E-state index contributed by atoms with van der Waals surface area (Å²) >= 11 is 0. The fourth-order valence-electron chi connectivity index (χ4n) is 3.11. The van der Waals surface area contributed by atoms with E-state index in [-0.39, 0.29) is 0 Å². The molecule has 0 heteroatoms. The topological polar surface area (TPSA) is 0 Å². The summed E-state index contributed by atoms with van der Waals surface area (Å²) in [5.41, 5.74) is 3.11. The van der Waals surface area contributed by atoms with E-state index >= 15 is 0 Å². The molecular formula is C18H28. The summed E-state index contributed by atoms with van der Waals surface area (Å²) in [5, 5.41) is 0. The van der Waals surface area contributed by atoms with Crippen LogP contribution >= 0.6 is 0 Å². The Morgan fingerprint density at radius 3 is 2.28 bits per heavy atom. The molecule has 0 aliphatic heterocycles. The van der Waals surface area contributed by atoms with Crippen LogP contribution in [0.5, 0.6) is 0 Å². The van der Waals surface area contributed by atoms with Gasteiger partial charge in [-0.2, -0.15) is 0 Å². The molecule has 0 saturated heterocycles. The summed E-state index contributed by atoms with van der Waals surface area (Å²) in [6.07, 6.45) is 11.1. The summed E-state index contributed by atoms with van der Waals surface area (Å²) < 4.78 is 0. The lowest BCUT2D eigenvalue weighted by Crippen LogP contribution is -2.04. The zero-order chi connectivity index (χ0) is 12.8. The van der Waals surface area contributed by atoms with E-state index < -0.39 is 0 Å². The molecule has 18 heavy (non-hydrogen) atoms. The van der Waals surface area contributed by atoms with Gasteiger partial charge in [0.05, 0.1) is 0 Å². The van der Waals surface area contributed by atoms with E-state index in [0.29, 0.717) is 0 Å². The monoisotopic (exact) mass is 244 g/mol. The van der Waals surface area contributed by atoms with Crippen molar-refractivity contribution in [2.24, 2.45) is 5.92 Å². The lowest BCUT2D eigenvalue weighted by molar-refractivity contribution is 0.443. The maximum atomic E-state index is 2.39. The smallest absolute Gasteiger partial charge is 0.0162 e. The van der Waals surface area contributed by atoms with E-state index in [1.807, 2.05) is 0 Å². The first kappa shape index (κ1) is 13.6. The fraction of sp³-hybridized carbons (Fsp3) is 0.667. The molecule has 0 nitrogen and oxygen atoms in total. The molecule has 1 aliphatic carbocycles. The first-order chi connectivity index (χ1) is 8.75. The van der Waals surface area contributed by atoms with Crippen molar-refractivity contribution in [3.05, 3.63) is 35.4 Å². The minimum absolute atomic E-state index is 0.839. The predicted molar refractivity (Wildman–Crippen MR) is 80.0 cm³/mol. The molecule has 1 aliphatic rings. The zero-order valence-corrected chi connectivity index (χ0v) is 12.1. The molecule has 0 aromatic heterocycles. The highest BCUT2D eigenvalue weighted by Gasteiger charge is 2.14. The predicted octanol–water partition coefficient (Wildman–Crippen LogP) is 5.71. The van der Waals surface area contributed by atoms with Crippen molar-refractivity contribution < 1.29 is 0 Å². The Kier molecular flexibility index (Phi) is 5.28. The van der Waals surface area contributed by atoms with E-state index in [2.05, 4.69) is 38.1 Å². The van der Waals surface area contributed by atoms with E-state index in [9.17, 15) is 0 Å².